The van der Waals surface area contributed by atoms with Crippen LogP contribution in [0.15, 0.2) is 0 Å². The number of hydrogen-bond acceptors (Lipinski definition) is 5. The van der Waals surface area contributed by atoms with E-state index in [1.54, 1.807) is 0 Å². The zero-order valence-corrected chi connectivity index (χ0v) is 11.2. The second-order valence-corrected chi connectivity index (χ2v) is 2.86. The van der Waals surface area contributed by atoms with Gasteiger partial charge in [-0.3, -0.25) is 7.32 Å². The fraction of sp³-hybridized carbons (Fsp3) is 0.875. The quantitative estimate of drug-likeness (QED) is 0.502. The van der Waals surface area contributed by atoms with Gasteiger partial charge in [-0.1, -0.05) is 26.7 Å². The molecule has 1 radical (unpaired) electrons. The SMILES string of the molecule is CCCCC(CC)C(=O)[O-].[Nb].[O-]B([O-])[O-]. The summed E-state index contributed by atoms with van der Waals surface area (Å²) in [4.78, 5) is 10.3. The predicted molar refractivity (Wildman–Crippen MR) is 44.1 cm³/mol. The summed E-state index contributed by atoms with van der Waals surface area (Å²) in [5.41, 5.74) is 0. The fourth-order valence-electron chi connectivity index (χ4n) is 0.939. The summed E-state index contributed by atoms with van der Waals surface area (Å²) in [6, 6.07) is 0. The molecule has 0 aromatic carbocycles. The zero-order valence-electron chi connectivity index (χ0n) is 8.97. The second-order valence-electron chi connectivity index (χ2n) is 2.86. The minimum atomic E-state index is -2.92. The summed E-state index contributed by atoms with van der Waals surface area (Å²) in [7, 11) is -2.92. The molecule has 0 spiro atoms. The molecule has 0 rings (SSSR count). The molecule has 7 heteroatoms. The number of carbonyl (C=O) groups excluding carboxylic acids is 1. The molecule has 0 aliphatic heterocycles. The maximum atomic E-state index is 10.3. The normalized spacial score (nSPS) is 10.5. The van der Waals surface area contributed by atoms with Crippen molar-refractivity contribution < 1.29 is 47.4 Å². The monoisotopic (exact) mass is 295 g/mol. The van der Waals surface area contributed by atoms with E-state index >= 15 is 0 Å². The van der Waals surface area contributed by atoms with Gasteiger partial charge in [-0.15, -0.1) is 0 Å². The summed E-state index contributed by atoms with van der Waals surface area (Å²) in [6.07, 6.45) is 3.52. The molecule has 0 aliphatic carbocycles. The Labute approximate surface area is 106 Å². The van der Waals surface area contributed by atoms with E-state index in [1.807, 2.05) is 6.92 Å². The van der Waals surface area contributed by atoms with Crippen LogP contribution in [-0.2, 0) is 27.2 Å². The summed E-state index contributed by atoms with van der Waals surface area (Å²) in [5.74, 6) is -1.11. The van der Waals surface area contributed by atoms with Crippen LogP contribution in [0, 0.1) is 5.92 Å². The number of unbranched alkanes of at least 4 members (excludes halogenated alkanes) is 1. The minimum Gasteiger partial charge on any atom is -0.907 e. The van der Waals surface area contributed by atoms with E-state index in [0.29, 0.717) is 6.42 Å². The van der Waals surface area contributed by atoms with Crippen molar-refractivity contribution in [3.05, 3.63) is 0 Å². The first-order valence-electron chi connectivity index (χ1n) is 4.63. The third kappa shape index (κ3) is 20.3. The standard InChI is InChI=1S/C8H16O2.BO3.Nb/c1-3-5-6-7(4-2)8(9)10;2-1(3)4;/h7H,3-6H2,1-2H3,(H,9,10);;/q;-3;/p-1. The van der Waals surface area contributed by atoms with Gasteiger partial charge in [0.25, 0.3) is 0 Å². The molecule has 0 fully saturated rings. The molecule has 0 aliphatic rings. The van der Waals surface area contributed by atoms with E-state index < -0.39 is 13.3 Å². The van der Waals surface area contributed by atoms with Crippen LogP contribution in [0.5, 0.6) is 0 Å². The largest absolute Gasteiger partial charge is 0.907 e. The topological polar surface area (TPSA) is 109 Å². The predicted octanol–water partition coefficient (Wildman–Crippen LogP) is -3.00. The average molecular weight is 295 g/mol. The Hall–Kier alpha value is 0.155. The Bertz CT molecular complexity index is 142. The number of carbonyl (C=O) groups is 1. The van der Waals surface area contributed by atoms with Gasteiger partial charge in [-0.2, -0.15) is 0 Å². The maximum Gasteiger partial charge on any atom is 0.0445 e. The summed E-state index contributed by atoms with van der Waals surface area (Å²) >= 11 is 0. The third-order valence-corrected chi connectivity index (χ3v) is 1.73. The van der Waals surface area contributed by atoms with Crippen molar-refractivity contribution in [1.82, 2.24) is 0 Å². The van der Waals surface area contributed by atoms with Crippen molar-refractivity contribution in [1.29, 1.82) is 0 Å². The molecular weight excluding hydrogens is 280 g/mol. The van der Waals surface area contributed by atoms with Crippen LogP contribution in [0.1, 0.15) is 39.5 Å². The van der Waals surface area contributed by atoms with Crippen molar-refractivity contribution in [3.63, 3.8) is 0 Å². The van der Waals surface area contributed by atoms with E-state index in [2.05, 4.69) is 6.92 Å². The fourth-order valence-corrected chi connectivity index (χ4v) is 0.939. The van der Waals surface area contributed by atoms with Crippen LogP contribution < -0.4 is 20.2 Å². The Kier molecular flexibility index (Phi) is 19.4. The second kappa shape index (κ2) is 14.2. The molecule has 0 aromatic rings. The van der Waals surface area contributed by atoms with Crippen LogP contribution >= 0.6 is 0 Å². The average Bonchev–Trinajstić information content (AvgIpc) is 2.04. The van der Waals surface area contributed by atoms with Crippen molar-refractivity contribution in [2.75, 3.05) is 0 Å². The molecule has 0 saturated heterocycles. The van der Waals surface area contributed by atoms with Crippen molar-refractivity contribution in [2.24, 2.45) is 5.92 Å². The van der Waals surface area contributed by atoms with Crippen LogP contribution in [0.2, 0.25) is 0 Å². The molecule has 1 unspecified atom stereocenters. The molecule has 89 valence electrons. The van der Waals surface area contributed by atoms with Gasteiger partial charge in [0.2, 0.25) is 0 Å². The zero-order chi connectivity index (χ0) is 11.6. The van der Waals surface area contributed by atoms with Crippen molar-refractivity contribution in [3.8, 4) is 0 Å². The molecule has 0 bridgehead atoms. The first-order chi connectivity index (χ1) is 6.45. The maximum absolute atomic E-state index is 10.3. The first-order valence-corrected chi connectivity index (χ1v) is 4.63. The number of carboxylic acid groups (broad SMARTS) is 1. The van der Waals surface area contributed by atoms with Gasteiger partial charge >= 0.3 is 0 Å². The van der Waals surface area contributed by atoms with Gasteiger partial charge in [0.1, 0.15) is 0 Å². The Morgan fingerprint density at radius 3 is 1.87 bits per heavy atom. The minimum absolute atomic E-state index is 0. The van der Waals surface area contributed by atoms with Crippen LogP contribution in [-0.4, -0.2) is 13.3 Å². The van der Waals surface area contributed by atoms with E-state index in [9.17, 15) is 9.90 Å². The van der Waals surface area contributed by atoms with E-state index in [0.717, 1.165) is 19.3 Å². The Balaban J connectivity index is -0.000000249. The van der Waals surface area contributed by atoms with Gasteiger partial charge in [0, 0.05) is 28.3 Å². The molecule has 15 heavy (non-hydrogen) atoms. The molecular formula is C8H15BNbO5-4. The summed E-state index contributed by atoms with van der Waals surface area (Å²) < 4.78 is 0. The van der Waals surface area contributed by atoms with Gasteiger partial charge < -0.3 is 25.0 Å². The van der Waals surface area contributed by atoms with Gasteiger partial charge in [-0.25, -0.2) is 0 Å². The van der Waals surface area contributed by atoms with Crippen molar-refractivity contribution >= 4 is 13.3 Å². The third-order valence-electron chi connectivity index (χ3n) is 1.73. The molecule has 0 aromatic heterocycles. The Morgan fingerprint density at radius 1 is 1.27 bits per heavy atom. The van der Waals surface area contributed by atoms with E-state index in [1.165, 1.54) is 0 Å². The van der Waals surface area contributed by atoms with Gasteiger partial charge in [-0.05, 0) is 18.8 Å². The molecule has 0 N–H and O–H groups in total. The number of carboxylic acids is 1. The Morgan fingerprint density at radius 2 is 1.67 bits per heavy atom. The van der Waals surface area contributed by atoms with Crippen LogP contribution in [0.4, 0.5) is 0 Å². The molecule has 1 atom stereocenters. The van der Waals surface area contributed by atoms with Crippen molar-refractivity contribution in [2.45, 2.75) is 39.5 Å². The molecule has 5 nitrogen and oxygen atoms in total. The van der Waals surface area contributed by atoms with Gasteiger partial charge in [0.05, 0.1) is 0 Å². The summed E-state index contributed by atoms with van der Waals surface area (Å²) in [5, 5.41) is 35.6. The summed E-state index contributed by atoms with van der Waals surface area (Å²) in [6.45, 7) is 3.94. The molecule has 0 heterocycles. The molecule has 0 saturated carbocycles. The first kappa shape index (κ1) is 20.6. The smallest absolute Gasteiger partial charge is 0.0445 e. The van der Waals surface area contributed by atoms with Gasteiger partial charge in [0.15, 0.2) is 0 Å². The molecule has 0 amide bonds. The van der Waals surface area contributed by atoms with Crippen LogP contribution in [0.25, 0.3) is 0 Å². The van der Waals surface area contributed by atoms with Crippen LogP contribution in [0.3, 0.4) is 0 Å². The number of hydrogen-bond donors (Lipinski definition) is 0. The van der Waals surface area contributed by atoms with E-state index in [-0.39, 0.29) is 28.3 Å². The number of aliphatic carboxylic acids is 1. The van der Waals surface area contributed by atoms with E-state index in [4.69, 9.17) is 15.1 Å². The number of rotatable bonds is 5.